The fraction of sp³-hybridized carbons (Fsp3) is 0.300. The summed E-state index contributed by atoms with van der Waals surface area (Å²) < 4.78 is 0. The number of aryl methyl sites for hydroxylation is 3. The van der Waals surface area contributed by atoms with Crippen molar-refractivity contribution in [2.75, 3.05) is 16.8 Å². The first kappa shape index (κ1) is 15.9. The SMILES string of the molecule is Cc1cc(C)c(N2c3cc(C#N)c(C#N)cc3N(C)[C@@H]2C)cc1C. The molecule has 24 heavy (non-hydrogen) atoms. The van der Waals surface area contributed by atoms with Gasteiger partial charge in [0.15, 0.2) is 0 Å². The number of hydrogen-bond donors (Lipinski definition) is 0. The van der Waals surface area contributed by atoms with E-state index in [1.165, 1.54) is 16.7 Å². The quantitative estimate of drug-likeness (QED) is 0.787. The first-order valence-electron chi connectivity index (χ1n) is 7.97. The normalized spacial score (nSPS) is 15.9. The molecule has 2 aromatic rings. The molecule has 0 saturated heterocycles. The summed E-state index contributed by atoms with van der Waals surface area (Å²) in [6.45, 7) is 8.48. The van der Waals surface area contributed by atoms with Gasteiger partial charge in [-0.05, 0) is 62.6 Å². The van der Waals surface area contributed by atoms with Crippen LogP contribution in [0.5, 0.6) is 0 Å². The van der Waals surface area contributed by atoms with Crippen LogP contribution in [0.2, 0.25) is 0 Å². The van der Waals surface area contributed by atoms with Gasteiger partial charge < -0.3 is 9.80 Å². The monoisotopic (exact) mass is 316 g/mol. The van der Waals surface area contributed by atoms with Crippen molar-refractivity contribution >= 4 is 17.1 Å². The molecular weight excluding hydrogens is 296 g/mol. The van der Waals surface area contributed by atoms with E-state index in [1.54, 1.807) is 0 Å². The summed E-state index contributed by atoms with van der Waals surface area (Å²) in [5.41, 5.74) is 7.67. The largest absolute Gasteiger partial charge is 0.352 e. The molecule has 0 unspecified atom stereocenters. The molecule has 0 aliphatic carbocycles. The van der Waals surface area contributed by atoms with Crippen LogP contribution < -0.4 is 9.80 Å². The molecule has 0 fully saturated rings. The molecule has 0 amide bonds. The molecule has 0 bridgehead atoms. The third-order valence-corrected chi connectivity index (χ3v) is 5.00. The summed E-state index contributed by atoms with van der Waals surface area (Å²) in [6, 6.07) is 12.3. The highest BCUT2D eigenvalue weighted by Gasteiger charge is 2.33. The molecule has 4 nitrogen and oxygen atoms in total. The van der Waals surface area contributed by atoms with Crippen molar-refractivity contribution in [3.63, 3.8) is 0 Å². The van der Waals surface area contributed by atoms with Crippen molar-refractivity contribution in [3.05, 3.63) is 52.1 Å². The second-order valence-corrected chi connectivity index (χ2v) is 6.45. The average molecular weight is 316 g/mol. The maximum absolute atomic E-state index is 9.37. The molecule has 0 aromatic heterocycles. The minimum atomic E-state index is 0.112. The van der Waals surface area contributed by atoms with Crippen molar-refractivity contribution in [3.8, 4) is 12.1 Å². The van der Waals surface area contributed by atoms with E-state index in [0.29, 0.717) is 11.1 Å². The van der Waals surface area contributed by atoms with E-state index in [4.69, 9.17) is 0 Å². The molecule has 0 radical (unpaired) electrons. The van der Waals surface area contributed by atoms with Gasteiger partial charge in [0, 0.05) is 12.7 Å². The van der Waals surface area contributed by atoms with Crippen LogP contribution in [0.15, 0.2) is 24.3 Å². The van der Waals surface area contributed by atoms with E-state index in [0.717, 1.165) is 17.1 Å². The minimum absolute atomic E-state index is 0.112. The lowest BCUT2D eigenvalue weighted by atomic mass is 10.0. The van der Waals surface area contributed by atoms with Crippen molar-refractivity contribution in [1.29, 1.82) is 10.5 Å². The smallest absolute Gasteiger partial charge is 0.103 e. The summed E-state index contributed by atoms with van der Waals surface area (Å²) in [7, 11) is 2.02. The van der Waals surface area contributed by atoms with Gasteiger partial charge in [0.05, 0.1) is 22.5 Å². The Morgan fingerprint density at radius 2 is 1.33 bits per heavy atom. The zero-order valence-corrected chi connectivity index (χ0v) is 14.7. The van der Waals surface area contributed by atoms with Crippen LogP contribution in [-0.4, -0.2) is 13.2 Å². The number of nitriles is 2. The lowest BCUT2D eigenvalue weighted by Crippen LogP contribution is -2.36. The maximum Gasteiger partial charge on any atom is 0.103 e. The van der Waals surface area contributed by atoms with Gasteiger partial charge in [-0.1, -0.05) is 6.07 Å². The second kappa shape index (κ2) is 5.58. The molecule has 4 heteroatoms. The summed E-state index contributed by atoms with van der Waals surface area (Å²) in [5.74, 6) is 0. The highest BCUT2D eigenvalue weighted by Crippen LogP contribution is 2.45. The highest BCUT2D eigenvalue weighted by atomic mass is 15.4. The Morgan fingerprint density at radius 3 is 1.92 bits per heavy atom. The summed E-state index contributed by atoms with van der Waals surface area (Å²) in [5, 5.41) is 18.7. The number of rotatable bonds is 1. The molecule has 0 saturated carbocycles. The lowest BCUT2D eigenvalue weighted by molar-refractivity contribution is 0.732. The van der Waals surface area contributed by atoms with Crippen molar-refractivity contribution in [1.82, 2.24) is 0 Å². The Kier molecular flexibility index (Phi) is 3.70. The summed E-state index contributed by atoms with van der Waals surface area (Å²) in [6.07, 6.45) is 0.112. The van der Waals surface area contributed by atoms with Crippen LogP contribution in [-0.2, 0) is 0 Å². The fourth-order valence-electron chi connectivity index (χ4n) is 3.35. The zero-order chi connectivity index (χ0) is 17.6. The van der Waals surface area contributed by atoms with Gasteiger partial charge in [-0.2, -0.15) is 10.5 Å². The van der Waals surface area contributed by atoms with E-state index in [2.05, 4.69) is 61.8 Å². The number of hydrogen-bond acceptors (Lipinski definition) is 4. The van der Waals surface area contributed by atoms with Crippen LogP contribution in [0.1, 0.15) is 34.7 Å². The van der Waals surface area contributed by atoms with Crippen LogP contribution in [0.3, 0.4) is 0 Å². The Labute approximate surface area is 143 Å². The van der Waals surface area contributed by atoms with Crippen molar-refractivity contribution in [2.45, 2.75) is 33.9 Å². The van der Waals surface area contributed by atoms with E-state index >= 15 is 0 Å². The molecule has 120 valence electrons. The molecule has 0 N–H and O–H groups in total. The molecule has 1 aliphatic heterocycles. The Bertz CT molecular complexity index is 915. The van der Waals surface area contributed by atoms with Crippen LogP contribution in [0, 0.1) is 43.4 Å². The van der Waals surface area contributed by atoms with E-state index < -0.39 is 0 Å². The predicted molar refractivity (Wildman–Crippen MR) is 96.5 cm³/mol. The number of nitrogens with zero attached hydrogens (tertiary/aromatic N) is 4. The average Bonchev–Trinajstić information content (AvgIpc) is 2.80. The predicted octanol–water partition coefficient (Wildman–Crippen LogP) is 4.29. The molecule has 0 spiro atoms. The molecule has 1 aliphatic rings. The first-order valence-corrected chi connectivity index (χ1v) is 7.97. The van der Waals surface area contributed by atoms with Gasteiger partial charge in [-0.15, -0.1) is 0 Å². The Hall–Kier alpha value is -2.98. The maximum atomic E-state index is 9.37. The number of anilines is 3. The Balaban J connectivity index is 2.25. The molecular formula is C20H20N4. The van der Waals surface area contributed by atoms with Gasteiger partial charge in [0.1, 0.15) is 18.3 Å². The van der Waals surface area contributed by atoms with Crippen molar-refractivity contribution in [2.24, 2.45) is 0 Å². The molecule has 1 atom stereocenters. The van der Waals surface area contributed by atoms with Gasteiger partial charge in [0.2, 0.25) is 0 Å². The van der Waals surface area contributed by atoms with E-state index in [9.17, 15) is 10.5 Å². The van der Waals surface area contributed by atoms with Crippen LogP contribution >= 0.6 is 0 Å². The van der Waals surface area contributed by atoms with E-state index in [1.807, 2.05) is 19.2 Å². The second-order valence-electron chi connectivity index (χ2n) is 6.45. The topological polar surface area (TPSA) is 54.1 Å². The zero-order valence-electron chi connectivity index (χ0n) is 14.7. The van der Waals surface area contributed by atoms with Crippen LogP contribution in [0.25, 0.3) is 0 Å². The third kappa shape index (κ3) is 2.20. The minimum Gasteiger partial charge on any atom is -0.352 e. The van der Waals surface area contributed by atoms with Gasteiger partial charge in [-0.3, -0.25) is 0 Å². The molecule has 1 heterocycles. The fourth-order valence-corrected chi connectivity index (χ4v) is 3.35. The highest BCUT2D eigenvalue weighted by molar-refractivity contribution is 5.86. The number of fused-ring (bicyclic) bond motifs is 1. The standard InChI is InChI=1S/C20H20N4/c1-12-6-14(3)18(7-13(12)2)24-15(4)23(5)19-8-16(10-21)17(11-22)9-20(19)24/h6-9,15H,1-5H3/t15-/m0/s1. The van der Waals surface area contributed by atoms with Gasteiger partial charge in [0.25, 0.3) is 0 Å². The lowest BCUT2D eigenvalue weighted by Gasteiger charge is -2.29. The van der Waals surface area contributed by atoms with Crippen LogP contribution in [0.4, 0.5) is 17.1 Å². The van der Waals surface area contributed by atoms with E-state index in [-0.39, 0.29) is 6.17 Å². The first-order chi connectivity index (χ1) is 11.4. The van der Waals surface area contributed by atoms with Gasteiger partial charge in [-0.25, -0.2) is 0 Å². The molecule has 3 rings (SSSR count). The number of benzene rings is 2. The van der Waals surface area contributed by atoms with Crippen molar-refractivity contribution < 1.29 is 0 Å². The molecule has 2 aromatic carbocycles. The Morgan fingerprint density at radius 1 is 0.792 bits per heavy atom. The third-order valence-electron chi connectivity index (χ3n) is 5.00. The summed E-state index contributed by atoms with van der Waals surface area (Å²) in [4.78, 5) is 4.39. The van der Waals surface area contributed by atoms with Gasteiger partial charge >= 0.3 is 0 Å². The summed E-state index contributed by atoms with van der Waals surface area (Å²) >= 11 is 0.